The fourth-order valence-corrected chi connectivity index (χ4v) is 1.24. The molecule has 0 aliphatic rings. The Morgan fingerprint density at radius 1 is 1.57 bits per heavy atom. The fraction of sp³-hybridized carbons (Fsp3) is 0.0909. The summed E-state index contributed by atoms with van der Waals surface area (Å²) in [5.74, 6) is -0.372. The highest BCUT2D eigenvalue weighted by atomic mass is 16.5. The predicted octanol–water partition coefficient (Wildman–Crippen LogP) is 1.82. The van der Waals surface area contributed by atoms with E-state index in [4.69, 9.17) is 0 Å². The molecule has 0 aliphatic heterocycles. The van der Waals surface area contributed by atoms with E-state index >= 15 is 0 Å². The van der Waals surface area contributed by atoms with Gasteiger partial charge in [-0.25, -0.2) is 4.79 Å². The molecule has 3 heteroatoms. The minimum atomic E-state index is -0.372. The summed E-state index contributed by atoms with van der Waals surface area (Å²) in [6.07, 6.45) is 1.51. The molecule has 69 valence electrons. The highest BCUT2D eigenvalue weighted by molar-refractivity contribution is 5.93. The maximum atomic E-state index is 11.2. The van der Waals surface area contributed by atoms with E-state index in [1.165, 1.54) is 13.3 Å². The molecule has 1 heterocycles. The second-order valence-electron chi connectivity index (χ2n) is 2.83. The molecule has 0 bridgehead atoms. The van der Waals surface area contributed by atoms with Gasteiger partial charge >= 0.3 is 5.97 Å². The molecule has 2 rings (SSSR count). The van der Waals surface area contributed by atoms with Gasteiger partial charge in [-0.2, -0.15) is 0 Å². The Kier molecular flexibility index (Phi) is 2.14. The van der Waals surface area contributed by atoms with Crippen LogP contribution in [0.5, 0.6) is 0 Å². The molecular formula is C11H8NO2. The summed E-state index contributed by atoms with van der Waals surface area (Å²) in [4.78, 5) is 15.3. The lowest BCUT2D eigenvalue weighted by atomic mass is 10.2. The molecule has 1 radical (unpaired) electrons. The lowest BCUT2D eigenvalue weighted by Crippen LogP contribution is -2.01. The van der Waals surface area contributed by atoms with E-state index in [1.54, 1.807) is 18.2 Å². The van der Waals surface area contributed by atoms with Gasteiger partial charge in [-0.05, 0) is 24.3 Å². The Hall–Kier alpha value is -1.90. The maximum Gasteiger partial charge on any atom is 0.339 e. The van der Waals surface area contributed by atoms with Gasteiger partial charge in [-0.1, -0.05) is 6.07 Å². The van der Waals surface area contributed by atoms with Gasteiger partial charge in [0.25, 0.3) is 0 Å². The van der Waals surface area contributed by atoms with Crippen LogP contribution in [0.1, 0.15) is 10.4 Å². The number of pyridine rings is 1. The highest BCUT2D eigenvalue weighted by Gasteiger charge is 2.05. The van der Waals surface area contributed by atoms with E-state index in [0.29, 0.717) is 5.56 Å². The third kappa shape index (κ3) is 1.44. The summed E-state index contributed by atoms with van der Waals surface area (Å²) in [7, 11) is 1.35. The van der Waals surface area contributed by atoms with Crippen LogP contribution in [0.4, 0.5) is 0 Å². The van der Waals surface area contributed by atoms with E-state index in [-0.39, 0.29) is 5.97 Å². The lowest BCUT2D eigenvalue weighted by molar-refractivity contribution is 0.0600. The monoisotopic (exact) mass is 186 g/mol. The van der Waals surface area contributed by atoms with E-state index in [0.717, 1.165) is 10.9 Å². The molecule has 0 aliphatic carbocycles. The number of fused-ring (bicyclic) bond motifs is 1. The van der Waals surface area contributed by atoms with Gasteiger partial charge in [0.15, 0.2) is 0 Å². The molecule has 0 spiro atoms. The average molecular weight is 186 g/mol. The molecule has 0 fully saturated rings. The number of hydrogen-bond acceptors (Lipinski definition) is 3. The van der Waals surface area contributed by atoms with E-state index in [9.17, 15) is 4.79 Å². The predicted molar refractivity (Wildman–Crippen MR) is 51.9 cm³/mol. The van der Waals surface area contributed by atoms with Gasteiger partial charge in [0.1, 0.15) is 0 Å². The molecule has 0 saturated carbocycles. The summed E-state index contributed by atoms with van der Waals surface area (Å²) in [6, 6.07) is 10.1. The number of methoxy groups -OCH3 is 1. The van der Waals surface area contributed by atoms with Crippen molar-refractivity contribution in [1.82, 2.24) is 4.98 Å². The van der Waals surface area contributed by atoms with Crippen molar-refractivity contribution in [3.05, 3.63) is 42.1 Å². The van der Waals surface area contributed by atoms with Crippen molar-refractivity contribution in [3.8, 4) is 0 Å². The molecule has 0 atom stereocenters. The first-order chi connectivity index (χ1) is 6.81. The zero-order valence-electron chi connectivity index (χ0n) is 7.65. The van der Waals surface area contributed by atoms with Gasteiger partial charge in [-0.3, -0.25) is 4.98 Å². The smallest absolute Gasteiger partial charge is 0.339 e. The number of rotatable bonds is 1. The van der Waals surface area contributed by atoms with Gasteiger partial charge in [0.05, 0.1) is 18.2 Å². The topological polar surface area (TPSA) is 39.2 Å². The molecule has 14 heavy (non-hydrogen) atoms. The van der Waals surface area contributed by atoms with Crippen molar-refractivity contribution in [1.29, 1.82) is 0 Å². The van der Waals surface area contributed by atoms with Crippen molar-refractivity contribution >= 4 is 16.9 Å². The minimum absolute atomic E-state index is 0.372. The minimum Gasteiger partial charge on any atom is -0.465 e. The first-order valence-corrected chi connectivity index (χ1v) is 4.15. The van der Waals surface area contributed by atoms with Crippen LogP contribution in [0.3, 0.4) is 0 Å². The molecule has 3 nitrogen and oxygen atoms in total. The zero-order chi connectivity index (χ0) is 9.97. The quantitative estimate of drug-likeness (QED) is 0.638. The maximum absolute atomic E-state index is 11.2. The number of ether oxygens (including phenoxy) is 1. The summed E-state index contributed by atoms with van der Waals surface area (Å²) < 4.78 is 4.60. The van der Waals surface area contributed by atoms with E-state index in [2.05, 4.69) is 15.8 Å². The second kappa shape index (κ2) is 3.46. The summed E-state index contributed by atoms with van der Waals surface area (Å²) in [6.45, 7) is 0. The van der Waals surface area contributed by atoms with Crippen LogP contribution in [-0.4, -0.2) is 18.1 Å². The summed E-state index contributed by atoms with van der Waals surface area (Å²) in [5, 5.41) is 0.885. The molecule has 2 aromatic rings. The van der Waals surface area contributed by atoms with E-state index in [1.807, 2.05) is 6.07 Å². The molecule has 1 aromatic heterocycles. The average Bonchev–Trinajstić information content (AvgIpc) is 2.27. The third-order valence-electron chi connectivity index (χ3n) is 1.95. The highest BCUT2D eigenvalue weighted by Crippen LogP contribution is 2.12. The van der Waals surface area contributed by atoms with Crippen LogP contribution in [0.2, 0.25) is 0 Å². The number of esters is 1. The van der Waals surface area contributed by atoms with E-state index < -0.39 is 0 Å². The van der Waals surface area contributed by atoms with Gasteiger partial charge < -0.3 is 4.74 Å². The fourth-order valence-electron chi connectivity index (χ4n) is 1.24. The van der Waals surface area contributed by atoms with Crippen molar-refractivity contribution in [2.24, 2.45) is 0 Å². The van der Waals surface area contributed by atoms with Crippen LogP contribution < -0.4 is 0 Å². The first-order valence-electron chi connectivity index (χ1n) is 4.15. The largest absolute Gasteiger partial charge is 0.465 e. The normalized spacial score (nSPS) is 10.1. The first kappa shape index (κ1) is 8.69. The zero-order valence-corrected chi connectivity index (χ0v) is 7.65. The molecule has 0 amide bonds. The number of aromatic nitrogens is 1. The summed E-state index contributed by atoms with van der Waals surface area (Å²) in [5.41, 5.74) is 1.30. The van der Waals surface area contributed by atoms with Crippen LogP contribution in [0, 0.1) is 6.07 Å². The van der Waals surface area contributed by atoms with Crippen LogP contribution in [0.25, 0.3) is 10.9 Å². The Bertz CT molecular complexity index is 479. The Balaban J connectivity index is 2.56. The molecule has 0 unspecified atom stereocenters. The van der Waals surface area contributed by atoms with Crippen molar-refractivity contribution in [2.75, 3.05) is 7.11 Å². The second-order valence-corrected chi connectivity index (χ2v) is 2.83. The Morgan fingerprint density at radius 2 is 2.43 bits per heavy atom. The van der Waals surface area contributed by atoms with Crippen LogP contribution in [-0.2, 0) is 4.74 Å². The van der Waals surface area contributed by atoms with Crippen LogP contribution >= 0.6 is 0 Å². The molecule has 1 aromatic carbocycles. The van der Waals surface area contributed by atoms with Crippen LogP contribution in [0.15, 0.2) is 30.5 Å². The summed E-state index contributed by atoms with van der Waals surface area (Å²) >= 11 is 0. The number of carbonyl (C=O) groups is 1. The third-order valence-corrected chi connectivity index (χ3v) is 1.95. The molecule has 0 N–H and O–H groups in total. The Morgan fingerprint density at radius 3 is 3.21 bits per heavy atom. The van der Waals surface area contributed by atoms with Crippen molar-refractivity contribution < 1.29 is 9.53 Å². The molecule has 0 saturated heterocycles. The number of benzene rings is 1. The number of hydrogen-bond donors (Lipinski definition) is 0. The SMILES string of the molecule is COC(=O)c1cnc2cc[c]cc2c1. The number of carbonyl (C=O) groups excluding carboxylic acids is 1. The van der Waals surface area contributed by atoms with Gasteiger partial charge in [0.2, 0.25) is 0 Å². The Labute approximate surface area is 81.3 Å². The van der Waals surface area contributed by atoms with Gasteiger partial charge in [0, 0.05) is 11.6 Å². The standard InChI is InChI=1S/C11H8NO2/c1-14-11(13)9-6-8-4-2-3-5-10(8)12-7-9/h3-7H,1H3. The lowest BCUT2D eigenvalue weighted by Gasteiger charge is -2.00. The van der Waals surface area contributed by atoms with Gasteiger partial charge in [-0.15, -0.1) is 0 Å². The van der Waals surface area contributed by atoms with Crippen molar-refractivity contribution in [2.45, 2.75) is 0 Å². The van der Waals surface area contributed by atoms with Crippen molar-refractivity contribution in [3.63, 3.8) is 0 Å². The molecular weight excluding hydrogens is 178 g/mol. The number of nitrogens with zero attached hydrogens (tertiary/aromatic N) is 1.